The van der Waals surface area contributed by atoms with E-state index in [-0.39, 0.29) is 0 Å². The second kappa shape index (κ2) is 13.2. The number of anilines is 3. The van der Waals surface area contributed by atoms with Crippen molar-refractivity contribution in [2.75, 3.05) is 4.90 Å². The number of benzene rings is 9. The van der Waals surface area contributed by atoms with Gasteiger partial charge in [0.2, 0.25) is 0 Å². The van der Waals surface area contributed by atoms with Gasteiger partial charge >= 0.3 is 0 Å². The molecule has 0 saturated carbocycles. The van der Waals surface area contributed by atoms with Gasteiger partial charge in [0.05, 0.1) is 62.4 Å². The molecule has 0 aliphatic heterocycles. The van der Waals surface area contributed by atoms with Gasteiger partial charge in [-0.3, -0.25) is 0 Å². The molecular formula is C56H32N6O. The van der Waals surface area contributed by atoms with Crippen LogP contribution in [0.2, 0.25) is 0 Å². The SMILES string of the molecule is N#Cc1ccc(N(c2ccc(C#N)cc2)c2cc(-n3c4ccccc4c4cc5[nH]c6ccccc6c5cc43)cc(-n3c4ccccc4c4cc5oc6ccccc6c5cc43)c2)cc1. The Morgan fingerprint density at radius 1 is 0.381 bits per heavy atom. The molecule has 9 aromatic carbocycles. The predicted octanol–water partition coefficient (Wildman–Crippen LogP) is 14.6. The fourth-order valence-corrected chi connectivity index (χ4v) is 9.84. The van der Waals surface area contributed by atoms with Crippen molar-refractivity contribution < 1.29 is 4.42 Å². The lowest BCUT2D eigenvalue weighted by Crippen LogP contribution is -2.12. The summed E-state index contributed by atoms with van der Waals surface area (Å²) in [6, 6.07) is 69.7. The summed E-state index contributed by atoms with van der Waals surface area (Å²) in [6.45, 7) is 0. The molecule has 0 fully saturated rings. The monoisotopic (exact) mass is 804 g/mol. The van der Waals surface area contributed by atoms with E-state index in [9.17, 15) is 10.5 Å². The Hall–Kier alpha value is -9.04. The molecule has 13 rings (SSSR count). The topological polar surface area (TPSA) is 89.6 Å². The molecule has 4 aromatic heterocycles. The van der Waals surface area contributed by atoms with Crippen molar-refractivity contribution in [2.45, 2.75) is 0 Å². The molecule has 0 spiro atoms. The Labute approximate surface area is 359 Å². The van der Waals surface area contributed by atoms with Crippen LogP contribution in [0, 0.1) is 22.7 Å². The minimum Gasteiger partial charge on any atom is -0.456 e. The van der Waals surface area contributed by atoms with Crippen molar-refractivity contribution in [2.24, 2.45) is 0 Å². The molecule has 0 amide bonds. The van der Waals surface area contributed by atoms with Crippen LogP contribution in [-0.2, 0) is 0 Å². The van der Waals surface area contributed by atoms with Crippen molar-refractivity contribution in [1.29, 1.82) is 10.5 Å². The third-order valence-corrected chi connectivity index (χ3v) is 12.6. The fourth-order valence-electron chi connectivity index (χ4n) is 9.84. The van der Waals surface area contributed by atoms with Crippen LogP contribution in [0.3, 0.4) is 0 Å². The first-order valence-corrected chi connectivity index (χ1v) is 20.9. The van der Waals surface area contributed by atoms with E-state index in [0.717, 1.165) is 110 Å². The van der Waals surface area contributed by atoms with Gasteiger partial charge in [-0.1, -0.05) is 72.8 Å². The molecule has 1 N–H and O–H groups in total. The zero-order valence-electron chi connectivity index (χ0n) is 33.5. The van der Waals surface area contributed by atoms with Crippen molar-refractivity contribution in [1.82, 2.24) is 14.1 Å². The van der Waals surface area contributed by atoms with Crippen LogP contribution in [0.1, 0.15) is 11.1 Å². The number of nitrogens with zero attached hydrogens (tertiary/aromatic N) is 5. The lowest BCUT2D eigenvalue weighted by Gasteiger charge is -2.27. The summed E-state index contributed by atoms with van der Waals surface area (Å²) in [7, 11) is 0. The molecule has 13 aromatic rings. The second-order valence-corrected chi connectivity index (χ2v) is 16.1. The Bertz CT molecular complexity index is 3850. The highest BCUT2D eigenvalue weighted by atomic mass is 16.3. The van der Waals surface area contributed by atoms with E-state index in [1.54, 1.807) is 0 Å². The van der Waals surface area contributed by atoms with Gasteiger partial charge in [0, 0.05) is 65.5 Å². The molecule has 292 valence electrons. The molecular weight excluding hydrogens is 773 g/mol. The minimum atomic E-state index is 0.574. The summed E-state index contributed by atoms with van der Waals surface area (Å²) in [6.07, 6.45) is 0. The molecule has 0 aliphatic rings. The third-order valence-electron chi connectivity index (χ3n) is 12.6. The van der Waals surface area contributed by atoms with Gasteiger partial charge in [-0.25, -0.2) is 0 Å². The summed E-state index contributed by atoms with van der Waals surface area (Å²) in [4.78, 5) is 5.88. The lowest BCUT2D eigenvalue weighted by molar-refractivity contribution is 0.669. The van der Waals surface area contributed by atoms with Gasteiger partial charge in [-0.2, -0.15) is 10.5 Å². The molecule has 4 heterocycles. The van der Waals surface area contributed by atoms with E-state index in [1.165, 1.54) is 5.39 Å². The summed E-state index contributed by atoms with van der Waals surface area (Å²) >= 11 is 0. The molecule has 0 aliphatic carbocycles. The van der Waals surface area contributed by atoms with E-state index >= 15 is 0 Å². The maximum Gasteiger partial charge on any atom is 0.136 e. The van der Waals surface area contributed by atoms with Gasteiger partial charge in [-0.15, -0.1) is 0 Å². The highest BCUT2D eigenvalue weighted by Gasteiger charge is 2.22. The largest absolute Gasteiger partial charge is 0.456 e. The number of rotatable bonds is 5. The summed E-state index contributed by atoms with van der Waals surface area (Å²) in [5.74, 6) is 0. The predicted molar refractivity (Wildman–Crippen MR) is 256 cm³/mol. The number of para-hydroxylation sites is 4. The molecule has 0 bridgehead atoms. The van der Waals surface area contributed by atoms with Gasteiger partial charge in [-0.05, 0) is 115 Å². The molecule has 7 heteroatoms. The van der Waals surface area contributed by atoms with Crippen molar-refractivity contribution in [3.05, 3.63) is 199 Å². The Balaban J connectivity index is 1.17. The normalized spacial score (nSPS) is 11.8. The van der Waals surface area contributed by atoms with Gasteiger partial charge in [0.1, 0.15) is 11.2 Å². The number of H-pyrrole nitrogens is 1. The number of nitrogens with one attached hydrogen (secondary N) is 1. The van der Waals surface area contributed by atoms with E-state index in [1.807, 2.05) is 60.7 Å². The lowest BCUT2D eigenvalue weighted by atomic mass is 10.1. The number of nitriles is 2. The zero-order valence-corrected chi connectivity index (χ0v) is 33.5. The smallest absolute Gasteiger partial charge is 0.136 e. The highest BCUT2D eigenvalue weighted by Crippen LogP contribution is 2.44. The first kappa shape index (κ1) is 34.8. The third kappa shape index (κ3) is 5.18. The van der Waals surface area contributed by atoms with Crippen LogP contribution in [0.5, 0.6) is 0 Å². The average Bonchev–Trinajstić information content (AvgIpc) is 4.07. The van der Waals surface area contributed by atoms with Crippen LogP contribution >= 0.6 is 0 Å². The standard InChI is InChI=1S/C56H32N6O/c57-32-34-17-21-36(22-18-34)60(37-23-19-35(33-58)20-24-37)38-25-39(61-51-14-6-2-10-42(51)46-28-50-45(29-53(46)61)41-9-1-5-13-49(41)59-50)27-40(26-38)62-52-15-7-3-11-43(52)47-31-56-48(30-54(47)62)44-12-4-8-16-55(44)63-56/h1-31,59H. The van der Waals surface area contributed by atoms with Crippen LogP contribution < -0.4 is 4.90 Å². The molecule has 63 heavy (non-hydrogen) atoms. The van der Waals surface area contributed by atoms with Crippen LogP contribution in [-0.4, -0.2) is 14.1 Å². The molecule has 0 radical (unpaired) electrons. The number of hydrogen-bond acceptors (Lipinski definition) is 4. The van der Waals surface area contributed by atoms with Gasteiger partial charge < -0.3 is 23.4 Å². The second-order valence-electron chi connectivity index (χ2n) is 16.1. The van der Waals surface area contributed by atoms with E-state index < -0.39 is 0 Å². The van der Waals surface area contributed by atoms with Crippen molar-refractivity contribution in [3.63, 3.8) is 0 Å². The number of aromatic amines is 1. The number of hydrogen-bond donors (Lipinski definition) is 1. The number of fused-ring (bicyclic) bond motifs is 12. The molecule has 0 saturated heterocycles. The molecule has 0 atom stereocenters. The Morgan fingerprint density at radius 2 is 0.905 bits per heavy atom. The fraction of sp³-hybridized carbons (Fsp3) is 0. The Morgan fingerprint density at radius 3 is 1.52 bits per heavy atom. The quantitative estimate of drug-likeness (QED) is 0.188. The zero-order chi connectivity index (χ0) is 41.8. The number of aromatic nitrogens is 3. The van der Waals surface area contributed by atoms with Crippen LogP contribution in [0.25, 0.3) is 98.7 Å². The summed E-state index contributed by atoms with van der Waals surface area (Å²) in [5.41, 5.74) is 13.9. The number of furan rings is 1. The minimum absolute atomic E-state index is 0.574. The molecule has 7 nitrogen and oxygen atoms in total. The van der Waals surface area contributed by atoms with Gasteiger partial charge in [0.25, 0.3) is 0 Å². The van der Waals surface area contributed by atoms with Crippen molar-refractivity contribution >= 4 is 104 Å². The first-order valence-electron chi connectivity index (χ1n) is 20.9. The van der Waals surface area contributed by atoms with E-state index in [4.69, 9.17) is 4.42 Å². The maximum absolute atomic E-state index is 9.80. The van der Waals surface area contributed by atoms with E-state index in [0.29, 0.717) is 11.1 Å². The van der Waals surface area contributed by atoms with Crippen LogP contribution in [0.15, 0.2) is 192 Å². The first-order chi connectivity index (χ1) is 31.1. The average molecular weight is 805 g/mol. The summed E-state index contributed by atoms with van der Waals surface area (Å²) < 4.78 is 11.2. The Kier molecular flexibility index (Phi) is 7.30. The van der Waals surface area contributed by atoms with E-state index in [2.05, 4.69) is 159 Å². The van der Waals surface area contributed by atoms with Gasteiger partial charge in [0.15, 0.2) is 0 Å². The maximum atomic E-state index is 9.80. The van der Waals surface area contributed by atoms with Crippen LogP contribution in [0.4, 0.5) is 17.1 Å². The van der Waals surface area contributed by atoms with Crippen molar-refractivity contribution in [3.8, 4) is 23.5 Å². The summed E-state index contributed by atoms with van der Waals surface area (Å²) in [5, 5.41) is 28.6. The highest BCUT2D eigenvalue weighted by molar-refractivity contribution is 6.19. The molecule has 0 unspecified atom stereocenters.